The van der Waals surface area contributed by atoms with E-state index in [4.69, 9.17) is 0 Å². The van der Waals surface area contributed by atoms with Crippen molar-refractivity contribution in [2.45, 2.75) is 32.1 Å². The standard InChI is InChI=1S/C24H30F2N2O/c1-27(24(29)13-10-21-6-2-3-7-23(21)26)17-20-5-4-15-28(18-20)16-14-19-8-11-22(25)12-9-19/h2-3,6-9,11-12,20H,4-5,10,13-18H2,1H3. The monoisotopic (exact) mass is 400 g/mol. The van der Waals surface area contributed by atoms with E-state index in [1.807, 2.05) is 19.2 Å². The van der Waals surface area contributed by atoms with Gasteiger partial charge in [-0.3, -0.25) is 4.79 Å². The Hall–Kier alpha value is -2.27. The van der Waals surface area contributed by atoms with Gasteiger partial charge >= 0.3 is 0 Å². The zero-order chi connectivity index (χ0) is 20.6. The summed E-state index contributed by atoms with van der Waals surface area (Å²) in [6.07, 6.45) is 3.93. The third-order valence-corrected chi connectivity index (χ3v) is 5.76. The maximum atomic E-state index is 13.7. The number of benzene rings is 2. The van der Waals surface area contributed by atoms with E-state index in [2.05, 4.69) is 4.90 Å². The third-order valence-electron chi connectivity index (χ3n) is 5.76. The average Bonchev–Trinajstić information content (AvgIpc) is 2.73. The van der Waals surface area contributed by atoms with Crippen LogP contribution < -0.4 is 0 Å². The molecule has 0 bridgehead atoms. The lowest BCUT2D eigenvalue weighted by Gasteiger charge is -2.34. The van der Waals surface area contributed by atoms with Crippen LogP contribution >= 0.6 is 0 Å². The van der Waals surface area contributed by atoms with Gasteiger partial charge in [-0.1, -0.05) is 30.3 Å². The van der Waals surface area contributed by atoms with Gasteiger partial charge in [-0.15, -0.1) is 0 Å². The molecule has 2 aromatic carbocycles. The van der Waals surface area contributed by atoms with Crippen molar-refractivity contribution in [3.8, 4) is 0 Å². The fourth-order valence-electron chi connectivity index (χ4n) is 4.06. The van der Waals surface area contributed by atoms with E-state index in [9.17, 15) is 13.6 Å². The van der Waals surface area contributed by atoms with Crippen molar-refractivity contribution in [2.75, 3.05) is 33.2 Å². The van der Waals surface area contributed by atoms with Crippen molar-refractivity contribution >= 4 is 5.91 Å². The van der Waals surface area contributed by atoms with Crippen LogP contribution in [0.5, 0.6) is 0 Å². The van der Waals surface area contributed by atoms with Gasteiger partial charge in [0, 0.05) is 33.1 Å². The minimum absolute atomic E-state index is 0.0664. The molecule has 3 nitrogen and oxygen atoms in total. The van der Waals surface area contributed by atoms with E-state index in [0.29, 0.717) is 24.3 Å². The Labute approximate surface area is 172 Å². The smallest absolute Gasteiger partial charge is 0.222 e. The minimum Gasteiger partial charge on any atom is -0.345 e. The molecule has 0 spiro atoms. The first-order valence-corrected chi connectivity index (χ1v) is 10.5. The molecular formula is C24H30F2N2O. The second-order valence-electron chi connectivity index (χ2n) is 8.05. The van der Waals surface area contributed by atoms with Crippen LogP contribution in [0.3, 0.4) is 0 Å². The Kier molecular flexibility index (Phi) is 7.76. The summed E-state index contributed by atoms with van der Waals surface area (Å²) in [5.74, 6) is 0.0811. The van der Waals surface area contributed by atoms with E-state index >= 15 is 0 Å². The number of hydrogen-bond acceptors (Lipinski definition) is 2. The molecule has 1 heterocycles. The summed E-state index contributed by atoms with van der Waals surface area (Å²) < 4.78 is 26.8. The van der Waals surface area contributed by atoms with Crippen molar-refractivity contribution < 1.29 is 13.6 Å². The average molecular weight is 401 g/mol. The first-order chi connectivity index (χ1) is 14.0. The molecular weight excluding hydrogens is 370 g/mol. The number of hydrogen-bond donors (Lipinski definition) is 0. The van der Waals surface area contributed by atoms with Gasteiger partial charge in [-0.25, -0.2) is 8.78 Å². The summed E-state index contributed by atoms with van der Waals surface area (Å²) in [5.41, 5.74) is 1.74. The molecule has 0 radical (unpaired) electrons. The van der Waals surface area contributed by atoms with Gasteiger partial charge in [-0.2, -0.15) is 0 Å². The van der Waals surface area contributed by atoms with E-state index < -0.39 is 0 Å². The van der Waals surface area contributed by atoms with Crippen molar-refractivity contribution in [3.05, 3.63) is 71.3 Å². The SMILES string of the molecule is CN(CC1CCCN(CCc2ccc(F)cc2)C1)C(=O)CCc1ccccc1F. The van der Waals surface area contributed by atoms with Crippen LogP contribution in [0.4, 0.5) is 8.78 Å². The van der Waals surface area contributed by atoms with Gasteiger partial charge in [0.25, 0.3) is 0 Å². The highest BCUT2D eigenvalue weighted by atomic mass is 19.1. The molecule has 156 valence electrons. The summed E-state index contributed by atoms with van der Waals surface area (Å²) in [6.45, 7) is 3.74. The lowest BCUT2D eigenvalue weighted by atomic mass is 9.96. The lowest BCUT2D eigenvalue weighted by molar-refractivity contribution is -0.130. The summed E-state index contributed by atoms with van der Waals surface area (Å²) in [7, 11) is 1.85. The number of likely N-dealkylation sites (tertiary alicyclic amines) is 1. The quantitative estimate of drug-likeness (QED) is 0.659. The summed E-state index contributed by atoms with van der Waals surface area (Å²) in [5, 5.41) is 0. The fraction of sp³-hybridized carbons (Fsp3) is 0.458. The minimum atomic E-state index is -0.243. The highest BCUT2D eigenvalue weighted by Crippen LogP contribution is 2.19. The molecule has 1 atom stereocenters. The maximum absolute atomic E-state index is 13.7. The van der Waals surface area contributed by atoms with Gasteiger partial charge in [-0.05, 0) is 67.5 Å². The lowest BCUT2D eigenvalue weighted by Crippen LogP contribution is -2.42. The maximum Gasteiger partial charge on any atom is 0.222 e. The fourth-order valence-corrected chi connectivity index (χ4v) is 4.06. The largest absolute Gasteiger partial charge is 0.345 e. The molecule has 1 amide bonds. The Balaban J connectivity index is 1.42. The number of amides is 1. The molecule has 2 aromatic rings. The molecule has 1 unspecified atom stereocenters. The zero-order valence-corrected chi connectivity index (χ0v) is 17.1. The van der Waals surface area contributed by atoms with Crippen LogP contribution in [0, 0.1) is 17.6 Å². The highest BCUT2D eigenvalue weighted by molar-refractivity contribution is 5.76. The summed E-state index contributed by atoms with van der Waals surface area (Å²) >= 11 is 0. The number of aryl methyl sites for hydroxylation is 1. The molecule has 5 heteroatoms. The van der Waals surface area contributed by atoms with Crippen molar-refractivity contribution in [1.82, 2.24) is 9.80 Å². The Morgan fingerprint density at radius 2 is 1.86 bits per heavy atom. The third kappa shape index (κ3) is 6.64. The number of carbonyl (C=O) groups excluding carboxylic acids is 1. The van der Waals surface area contributed by atoms with Crippen molar-refractivity contribution in [3.63, 3.8) is 0 Å². The molecule has 0 saturated carbocycles. The van der Waals surface area contributed by atoms with Crippen LogP contribution in [-0.2, 0) is 17.6 Å². The first kappa shape index (κ1) is 21.4. The predicted molar refractivity (Wildman–Crippen MR) is 112 cm³/mol. The molecule has 0 aliphatic carbocycles. The van der Waals surface area contributed by atoms with Gasteiger partial charge in [0.1, 0.15) is 11.6 Å². The second kappa shape index (κ2) is 10.5. The molecule has 0 N–H and O–H groups in total. The second-order valence-corrected chi connectivity index (χ2v) is 8.05. The van der Waals surface area contributed by atoms with Gasteiger partial charge < -0.3 is 9.80 Å². The summed E-state index contributed by atoms with van der Waals surface area (Å²) in [6, 6.07) is 13.4. The molecule has 1 aliphatic rings. The normalized spacial score (nSPS) is 17.3. The van der Waals surface area contributed by atoms with Gasteiger partial charge in [0.05, 0.1) is 0 Å². The Bertz CT molecular complexity index is 794. The van der Waals surface area contributed by atoms with Crippen LogP contribution in [-0.4, -0.2) is 48.9 Å². The molecule has 0 aromatic heterocycles. The Morgan fingerprint density at radius 3 is 2.62 bits per heavy atom. The topological polar surface area (TPSA) is 23.6 Å². The number of nitrogens with zero attached hydrogens (tertiary/aromatic N) is 2. The van der Waals surface area contributed by atoms with Crippen molar-refractivity contribution in [1.29, 1.82) is 0 Å². The number of halogens is 2. The van der Waals surface area contributed by atoms with E-state index in [1.165, 1.54) is 18.2 Å². The molecule has 29 heavy (non-hydrogen) atoms. The van der Waals surface area contributed by atoms with E-state index in [-0.39, 0.29) is 17.5 Å². The van der Waals surface area contributed by atoms with Crippen LogP contribution in [0.15, 0.2) is 48.5 Å². The first-order valence-electron chi connectivity index (χ1n) is 10.5. The zero-order valence-electron chi connectivity index (χ0n) is 17.1. The predicted octanol–water partition coefficient (Wildman–Crippen LogP) is 4.31. The Morgan fingerprint density at radius 1 is 1.10 bits per heavy atom. The molecule has 1 saturated heterocycles. The molecule has 3 rings (SSSR count). The van der Waals surface area contributed by atoms with Gasteiger partial charge in [0.2, 0.25) is 5.91 Å². The van der Waals surface area contributed by atoms with Gasteiger partial charge in [0.15, 0.2) is 0 Å². The number of rotatable bonds is 8. The van der Waals surface area contributed by atoms with Crippen LogP contribution in [0.1, 0.15) is 30.4 Å². The highest BCUT2D eigenvalue weighted by Gasteiger charge is 2.22. The van der Waals surface area contributed by atoms with E-state index in [1.54, 1.807) is 23.1 Å². The van der Waals surface area contributed by atoms with E-state index in [0.717, 1.165) is 51.0 Å². The number of carbonyl (C=O) groups is 1. The molecule has 1 aliphatic heterocycles. The summed E-state index contributed by atoms with van der Waals surface area (Å²) in [4.78, 5) is 16.7. The van der Waals surface area contributed by atoms with Crippen LogP contribution in [0.25, 0.3) is 0 Å². The van der Waals surface area contributed by atoms with Crippen molar-refractivity contribution in [2.24, 2.45) is 5.92 Å². The van der Waals surface area contributed by atoms with Crippen LogP contribution in [0.2, 0.25) is 0 Å². The molecule has 1 fully saturated rings. The number of piperidine rings is 1.